The van der Waals surface area contributed by atoms with Crippen LogP contribution in [0.15, 0.2) is 35.2 Å². The van der Waals surface area contributed by atoms with Crippen molar-refractivity contribution in [1.82, 2.24) is 14.9 Å². The molecule has 2 aliphatic heterocycles. The third kappa shape index (κ3) is 2.75. The Balaban J connectivity index is 1.38. The van der Waals surface area contributed by atoms with E-state index in [9.17, 15) is 4.79 Å². The van der Waals surface area contributed by atoms with Gasteiger partial charge >= 0.3 is 0 Å². The molecule has 0 spiro atoms. The van der Waals surface area contributed by atoms with E-state index in [1.807, 2.05) is 11.8 Å². The number of nitrogens with one attached hydrogen (secondary N) is 1. The summed E-state index contributed by atoms with van der Waals surface area (Å²) in [6.07, 6.45) is 5.10. The molecule has 1 N–H and O–H groups in total. The van der Waals surface area contributed by atoms with Crippen LogP contribution in [0.1, 0.15) is 16.1 Å². The van der Waals surface area contributed by atoms with E-state index in [-0.39, 0.29) is 12.0 Å². The fourth-order valence-electron chi connectivity index (χ4n) is 3.56. The van der Waals surface area contributed by atoms with Crippen molar-refractivity contribution in [2.45, 2.75) is 13.0 Å². The Kier molecular flexibility index (Phi) is 3.93. The molecule has 2 fully saturated rings. The minimum absolute atomic E-state index is 0.0253. The molecular formula is C17H20N4O3. The lowest BCUT2D eigenvalue weighted by atomic mass is 9.93. The monoisotopic (exact) mass is 328 g/mol. The van der Waals surface area contributed by atoms with Crippen molar-refractivity contribution in [3.05, 3.63) is 42.1 Å². The van der Waals surface area contributed by atoms with Crippen molar-refractivity contribution in [2.24, 2.45) is 11.8 Å². The standard InChI is InChI=1S/C17H20N4O3/c1-11-13(3-6-23-11)16(22)21-8-14-12(10-24-15(14)9-21)7-20-17-18-4-2-5-19-17/h2-6,12,14-15H,7-10H2,1H3,(H,18,19,20)/t12-,14+,15+/m0/s1. The highest BCUT2D eigenvalue weighted by molar-refractivity contribution is 5.95. The predicted octanol–water partition coefficient (Wildman–Crippen LogP) is 1.58. The number of aryl methyl sites for hydroxylation is 1. The third-order valence-corrected chi connectivity index (χ3v) is 4.90. The van der Waals surface area contributed by atoms with E-state index in [2.05, 4.69) is 15.3 Å². The summed E-state index contributed by atoms with van der Waals surface area (Å²) in [5.74, 6) is 2.01. The molecule has 0 saturated carbocycles. The van der Waals surface area contributed by atoms with Gasteiger partial charge in [0.1, 0.15) is 5.76 Å². The molecule has 4 heterocycles. The molecule has 24 heavy (non-hydrogen) atoms. The molecule has 2 saturated heterocycles. The molecule has 7 heteroatoms. The quantitative estimate of drug-likeness (QED) is 0.918. The fraction of sp³-hybridized carbons (Fsp3) is 0.471. The summed E-state index contributed by atoms with van der Waals surface area (Å²) in [7, 11) is 0. The smallest absolute Gasteiger partial charge is 0.257 e. The first-order valence-corrected chi connectivity index (χ1v) is 8.18. The zero-order chi connectivity index (χ0) is 16.5. The van der Waals surface area contributed by atoms with Crippen LogP contribution in [-0.4, -0.2) is 53.1 Å². The number of anilines is 1. The number of hydrogen-bond acceptors (Lipinski definition) is 6. The van der Waals surface area contributed by atoms with Gasteiger partial charge in [0, 0.05) is 43.9 Å². The van der Waals surface area contributed by atoms with Gasteiger partial charge in [0.05, 0.1) is 24.5 Å². The van der Waals surface area contributed by atoms with Crippen LogP contribution in [0.5, 0.6) is 0 Å². The Bertz CT molecular complexity index is 718. The molecule has 7 nitrogen and oxygen atoms in total. The second kappa shape index (κ2) is 6.24. The van der Waals surface area contributed by atoms with E-state index in [0.29, 0.717) is 42.3 Å². The maximum atomic E-state index is 12.6. The lowest BCUT2D eigenvalue weighted by molar-refractivity contribution is 0.0678. The lowest BCUT2D eigenvalue weighted by Gasteiger charge is -2.20. The minimum Gasteiger partial charge on any atom is -0.469 e. The summed E-state index contributed by atoms with van der Waals surface area (Å²) in [5, 5.41) is 3.26. The van der Waals surface area contributed by atoms with Crippen LogP contribution in [0.2, 0.25) is 0 Å². The number of likely N-dealkylation sites (tertiary alicyclic amines) is 1. The second-order valence-corrected chi connectivity index (χ2v) is 6.35. The first-order valence-electron chi connectivity index (χ1n) is 8.18. The van der Waals surface area contributed by atoms with Gasteiger partial charge in [-0.15, -0.1) is 0 Å². The van der Waals surface area contributed by atoms with E-state index in [4.69, 9.17) is 9.15 Å². The van der Waals surface area contributed by atoms with E-state index in [0.717, 1.165) is 13.1 Å². The Labute approximate surface area is 140 Å². The molecule has 4 rings (SSSR count). The summed E-state index contributed by atoms with van der Waals surface area (Å²) in [4.78, 5) is 22.8. The summed E-state index contributed by atoms with van der Waals surface area (Å²) in [6.45, 7) is 4.63. The maximum absolute atomic E-state index is 12.6. The largest absolute Gasteiger partial charge is 0.469 e. The van der Waals surface area contributed by atoms with Gasteiger partial charge in [-0.05, 0) is 19.1 Å². The number of rotatable bonds is 4. The zero-order valence-corrected chi connectivity index (χ0v) is 13.5. The van der Waals surface area contributed by atoms with Gasteiger partial charge in [0.2, 0.25) is 5.95 Å². The normalized spacial score (nSPS) is 25.7. The molecule has 2 aliphatic rings. The number of nitrogens with zero attached hydrogens (tertiary/aromatic N) is 3. The van der Waals surface area contributed by atoms with Crippen LogP contribution < -0.4 is 5.32 Å². The Morgan fingerprint density at radius 1 is 1.38 bits per heavy atom. The number of aromatic nitrogens is 2. The molecule has 0 aliphatic carbocycles. The summed E-state index contributed by atoms with van der Waals surface area (Å²) < 4.78 is 11.2. The molecular weight excluding hydrogens is 308 g/mol. The van der Waals surface area contributed by atoms with Crippen LogP contribution in [0.3, 0.4) is 0 Å². The summed E-state index contributed by atoms with van der Waals surface area (Å²) in [5.41, 5.74) is 0.641. The maximum Gasteiger partial charge on any atom is 0.257 e. The summed E-state index contributed by atoms with van der Waals surface area (Å²) >= 11 is 0. The molecule has 126 valence electrons. The van der Waals surface area contributed by atoms with E-state index in [1.54, 1.807) is 30.8 Å². The van der Waals surface area contributed by atoms with Crippen LogP contribution >= 0.6 is 0 Å². The SMILES string of the molecule is Cc1occc1C(=O)N1C[C@@H]2[C@@H](CNc3ncccn3)CO[C@@H]2C1. The van der Waals surface area contributed by atoms with E-state index in [1.165, 1.54) is 0 Å². The van der Waals surface area contributed by atoms with Gasteiger partial charge in [0.15, 0.2) is 0 Å². The van der Waals surface area contributed by atoms with Crippen molar-refractivity contribution in [2.75, 3.05) is 31.6 Å². The zero-order valence-electron chi connectivity index (χ0n) is 13.5. The molecule has 0 aromatic carbocycles. The molecule has 2 aromatic heterocycles. The topological polar surface area (TPSA) is 80.5 Å². The number of carbonyl (C=O) groups excluding carboxylic acids is 1. The predicted molar refractivity (Wildman–Crippen MR) is 86.6 cm³/mol. The molecule has 3 atom stereocenters. The average Bonchev–Trinajstić information content (AvgIpc) is 3.29. The number of hydrogen-bond donors (Lipinski definition) is 1. The molecule has 0 bridgehead atoms. The van der Waals surface area contributed by atoms with E-state index >= 15 is 0 Å². The Hall–Kier alpha value is -2.41. The van der Waals surface area contributed by atoms with Crippen molar-refractivity contribution in [3.63, 3.8) is 0 Å². The summed E-state index contributed by atoms with van der Waals surface area (Å²) in [6, 6.07) is 3.52. The van der Waals surface area contributed by atoms with Gasteiger partial charge in [-0.1, -0.05) is 0 Å². The van der Waals surface area contributed by atoms with Crippen LogP contribution in [0, 0.1) is 18.8 Å². The molecule has 0 radical (unpaired) electrons. The number of furan rings is 1. The second-order valence-electron chi connectivity index (χ2n) is 6.35. The van der Waals surface area contributed by atoms with Crippen molar-refractivity contribution >= 4 is 11.9 Å². The first-order chi connectivity index (χ1) is 11.7. The van der Waals surface area contributed by atoms with Gasteiger partial charge in [-0.25, -0.2) is 9.97 Å². The highest BCUT2D eigenvalue weighted by Crippen LogP contribution is 2.34. The Morgan fingerprint density at radius 2 is 2.21 bits per heavy atom. The number of carbonyl (C=O) groups is 1. The van der Waals surface area contributed by atoms with Gasteiger partial charge in [0.25, 0.3) is 5.91 Å². The Morgan fingerprint density at radius 3 is 2.96 bits per heavy atom. The third-order valence-electron chi connectivity index (χ3n) is 4.90. The van der Waals surface area contributed by atoms with Crippen LogP contribution in [-0.2, 0) is 4.74 Å². The minimum atomic E-state index is 0.0253. The van der Waals surface area contributed by atoms with Gasteiger partial charge < -0.3 is 19.4 Å². The highest BCUT2D eigenvalue weighted by Gasteiger charge is 2.45. The van der Waals surface area contributed by atoms with Gasteiger partial charge in [-0.3, -0.25) is 4.79 Å². The van der Waals surface area contributed by atoms with E-state index < -0.39 is 0 Å². The van der Waals surface area contributed by atoms with Crippen molar-refractivity contribution in [3.8, 4) is 0 Å². The molecule has 0 unspecified atom stereocenters. The number of amides is 1. The lowest BCUT2D eigenvalue weighted by Crippen LogP contribution is -2.32. The van der Waals surface area contributed by atoms with Gasteiger partial charge in [-0.2, -0.15) is 0 Å². The van der Waals surface area contributed by atoms with Crippen LogP contribution in [0.25, 0.3) is 0 Å². The molecule has 1 amide bonds. The highest BCUT2D eigenvalue weighted by atomic mass is 16.5. The van der Waals surface area contributed by atoms with Crippen molar-refractivity contribution in [1.29, 1.82) is 0 Å². The fourth-order valence-corrected chi connectivity index (χ4v) is 3.56. The average molecular weight is 328 g/mol. The number of ether oxygens (including phenoxy) is 1. The first kappa shape index (κ1) is 15.1. The number of fused-ring (bicyclic) bond motifs is 1. The van der Waals surface area contributed by atoms with Crippen LogP contribution in [0.4, 0.5) is 5.95 Å². The van der Waals surface area contributed by atoms with Crippen molar-refractivity contribution < 1.29 is 13.9 Å². The molecule has 2 aromatic rings.